The molecule has 1 atom stereocenters. The predicted molar refractivity (Wildman–Crippen MR) is 142 cm³/mol. The van der Waals surface area contributed by atoms with Gasteiger partial charge in [0.1, 0.15) is 11.4 Å². The third kappa shape index (κ3) is 8.96. The van der Waals surface area contributed by atoms with Crippen molar-refractivity contribution in [2.45, 2.75) is 66.0 Å². The Balaban J connectivity index is 0.000000225. The van der Waals surface area contributed by atoms with Crippen LogP contribution in [-0.2, 0) is 14.3 Å². The van der Waals surface area contributed by atoms with Gasteiger partial charge in [0.15, 0.2) is 0 Å². The molecule has 0 radical (unpaired) electrons. The van der Waals surface area contributed by atoms with Gasteiger partial charge in [-0.3, -0.25) is 14.5 Å². The topological polar surface area (TPSA) is 73.7 Å². The van der Waals surface area contributed by atoms with Gasteiger partial charge in [0.2, 0.25) is 0 Å². The van der Waals surface area contributed by atoms with Crippen LogP contribution in [0.5, 0.6) is 5.75 Å². The number of rotatable bonds is 4. The van der Waals surface area contributed by atoms with Crippen LogP contribution >= 0.6 is 0 Å². The second-order valence-corrected chi connectivity index (χ2v) is 9.71. The quantitative estimate of drug-likeness (QED) is 0.259. The van der Waals surface area contributed by atoms with Gasteiger partial charge in [-0.15, -0.1) is 0 Å². The van der Waals surface area contributed by atoms with Crippen molar-refractivity contribution in [2.75, 3.05) is 13.6 Å². The van der Waals surface area contributed by atoms with Gasteiger partial charge in [-0.05, 0) is 90.9 Å². The van der Waals surface area contributed by atoms with Crippen molar-refractivity contribution in [3.8, 4) is 11.4 Å². The average Bonchev–Trinajstić information content (AvgIpc) is 3.37. The van der Waals surface area contributed by atoms with E-state index in [4.69, 9.17) is 9.84 Å². The first-order valence-electron chi connectivity index (χ1n) is 12.2. The Morgan fingerprint density at radius 1 is 1.03 bits per heavy atom. The minimum absolute atomic E-state index is 0.286. The Bertz CT molecular complexity index is 1090. The highest BCUT2D eigenvalue weighted by Gasteiger charge is 2.27. The number of ether oxygens (including phenoxy) is 2. The highest BCUT2D eigenvalue weighted by atomic mass is 16.5. The molecule has 0 spiro atoms. The summed E-state index contributed by atoms with van der Waals surface area (Å²) in [5.74, 6) is 0.307. The Morgan fingerprint density at radius 2 is 1.61 bits per heavy atom. The van der Waals surface area contributed by atoms with Crippen LogP contribution in [0.3, 0.4) is 0 Å². The van der Waals surface area contributed by atoms with Crippen molar-refractivity contribution in [1.29, 1.82) is 0 Å². The number of esters is 1. The van der Waals surface area contributed by atoms with Gasteiger partial charge in [0.05, 0.1) is 17.4 Å². The van der Waals surface area contributed by atoms with Crippen LogP contribution in [0.15, 0.2) is 60.7 Å². The summed E-state index contributed by atoms with van der Waals surface area (Å²) in [6.45, 7) is 12.8. The van der Waals surface area contributed by atoms with E-state index in [-0.39, 0.29) is 11.6 Å². The molecular weight excluding hydrogens is 454 g/mol. The Hall–Kier alpha value is -3.45. The van der Waals surface area contributed by atoms with Gasteiger partial charge in [0.25, 0.3) is 6.47 Å². The van der Waals surface area contributed by atoms with E-state index in [1.54, 1.807) is 12.1 Å². The van der Waals surface area contributed by atoms with Crippen molar-refractivity contribution >= 4 is 12.4 Å². The van der Waals surface area contributed by atoms with Crippen molar-refractivity contribution in [1.82, 2.24) is 14.7 Å². The smallest absolute Gasteiger partial charge is 0.308 e. The molecule has 2 heterocycles. The van der Waals surface area contributed by atoms with Crippen LogP contribution < -0.4 is 4.74 Å². The fourth-order valence-electron chi connectivity index (χ4n) is 3.79. The number of carbonyl (C=O) groups is 2. The molecule has 0 aliphatic carbocycles. The third-order valence-corrected chi connectivity index (χ3v) is 5.70. The van der Waals surface area contributed by atoms with Crippen LogP contribution in [0.2, 0.25) is 0 Å². The molecule has 36 heavy (non-hydrogen) atoms. The summed E-state index contributed by atoms with van der Waals surface area (Å²) in [4.78, 5) is 22.4. The van der Waals surface area contributed by atoms with Crippen LogP contribution in [0.1, 0.15) is 63.5 Å². The molecule has 0 saturated carbocycles. The fourth-order valence-corrected chi connectivity index (χ4v) is 3.79. The first kappa shape index (κ1) is 28.8. The SMILES string of the molecule is CC(=O)Oc1ccccc1.CC(C)(C)OC=O.Cc1c(C2CCCN2C)nn(-c2ccccc2)c1C. The van der Waals surface area contributed by atoms with Crippen molar-refractivity contribution in [3.63, 3.8) is 0 Å². The Kier molecular flexibility index (Phi) is 10.9. The molecular formula is C29H39N3O4. The maximum atomic E-state index is 10.4. The second-order valence-electron chi connectivity index (χ2n) is 9.71. The number of benzene rings is 2. The Labute approximate surface area is 215 Å². The normalized spacial score (nSPS) is 15.1. The monoisotopic (exact) mass is 493 g/mol. The molecule has 1 unspecified atom stereocenters. The lowest BCUT2D eigenvalue weighted by Crippen LogP contribution is -2.18. The van der Waals surface area contributed by atoms with Gasteiger partial charge in [-0.2, -0.15) is 5.10 Å². The zero-order valence-corrected chi connectivity index (χ0v) is 22.5. The molecule has 194 valence electrons. The van der Waals surface area contributed by atoms with E-state index in [0.29, 0.717) is 18.3 Å². The minimum atomic E-state index is -0.318. The summed E-state index contributed by atoms with van der Waals surface area (Å²) < 4.78 is 11.4. The lowest BCUT2D eigenvalue weighted by atomic mass is 10.1. The molecule has 0 N–H and O–H groups in total. The summed E-state index contributed by atoms with van der Waals surface area (Å²) in [5, 5.41) is 4.89. The zero-order chi connectivity index (χ0) is 26.7. The first-order valence-corrected chi connectivity index (χ1v) is 12.2. The molecule has 1 fully saturated rings. The van der Waals surface area contributed by atoms with Crippen LogP contribution in [0.4, 0.5) is 0 Å². The number of hydrogen-bond donors (Lipinski definition) is 0. The maximum absolute atomic E-state index is 10.4. The molecule has 3 aromatic rings. The van der Waals surface area contributed by atoms with Crippen molar-refractivity contribution < 1.29 is 19.1 Å². The lowest BCUT2D eigenvalue weighted by Gasteiger charge is -2.17. The summed E-state index contributed by atoms with van der Waals surface area (Å²) >= 11 is 0. The van der Waals surface area contributed by atoms with Crippen LogP contribution in [0, 0.1) is 13.8 Å². The molecule has 7 nitrogen and oxygen atoms in total. The molecule has 1 aliphatic heterocycles. The molecule has 4 rings (SSSR count). The zero-order valence-electron chi connectivity index (χ0n) is 22.5. The third-order valence-electron chi connectivity index (χ3n) is 5.70. The molecule has 1 aromatic heterocycles. The van der Waals surface area contributed by atoms with Gasteiger partial charge in [0, 0.05) is 12.6 Å². The van der Waals surface area contributed by atoms with Gasteiger partial charge >= 0.3 is 5.97 Å². The van der Waals surface area contributed by atoms with Crippen molar-refractivity contribution in [3.05, 3.63) is 77.6 Å². The summed E-state index contributed by atoms with van der Waals surface area (Å²) in [5.41, 5.74) is 4.67. The number of para-hydroxylation sites is 2. The number of hydrogen-bond acceptors (Lipinski definition) is 6. The Morgan fingerprint density at radius 3 is 2.06 bits per heavy atom. The van der Waals surface area contributed by atoms with Gasteiger partial charge in [-0.1, -0.05) is 36.4 Å². The minimum Gasteiger partial charge on any atom is -0.462 e. The summed E-state index contributed by atoms with van der Waals surface area (Å²) in [6.07, 6.45) is 2.50. The molecule has 0 amide bonds. The van der Waals surface area contributed by atoms with E-state index >= 15 is 0 Å². The largest absolute Gasteiger partial charge is 0.462 e. The number of carbonyl (C=O) groups excluding carboxylic acids is 2. The first-order chi connectivity index (χ1) is 17.0. The highest BCUT2D eigenvalue weighted by molar-refractivity contribution is 5.69. The van der Waals surface area contributed by atoms with Crippen LogP contribution in [-0.4, -0.2) is 46.3 Å². The van der Waals surface area contributed by atoms with Crippen LogP contribution in [0.25, 0.3) is 5.69 Å². The second kappa shape index (κ2) is 13.6. The maximum Gasteiger partial charge on any atom is 0.308 e. The fraction of sp³-hybridized carbons (Fsp3) is 0.414. The summed E-state index contributed by atoms with van der Waals surface area (Å²) in [7, 11) is 2.20. The van der Waals surface area contributed by atoms with E-state index in [1.165, 1.54) is 43.3 Å². The highest BCUT2D eigenvalue weighted by Crippen LogP contribution is 2.33. The van der Waals surface area contributed by atoms with Gasteiger partial charge < -0.3 is 9.47 Å². The molecule has 7 heteroatoms. The summed E-state index contributed by atoms with van der Waals surface area (Å²) in [6, 6.07) is 19.9. The van der Waals surface area contributed by atoms with E-state index in [0.717, 1.165) is 5.69 Å². The average molecular weight is 494 g/mol. The standard InChI is InChI=1S/C16H21N3.C8H8O2.C5H10O2/c1-12-13(2)19(14-8-5-4-6-9-14)17-16(12)15-10-7-11-18(15)3;1-7(9)10-8-5-3-2-4-6-8;1-5(2,3)7-4-6/h4-6,8-9,15H,7,10-11H2,1-3H3;2-6H,1H3;4H,1-3H3. The van der Waals surface area contributed by atoms with E-state index in [1.807, 2.05) is 45.0 Å². The molecule has 1 saturated heterocycles. The molecule has 1 aliphatic rings. The van der Waals surface area contributed by atoms with Gasteiger partial charge in [-0.25, -0.2) is 4.68 Å². The number of nitrogens with zero attached hydrogens (tertiary/aromatic N) is 3. The molecule has 2 aromatic carbocycles. The predicted octanol–water partition coefficient (Wildman–Crippen LogP) is 5.83. The number of aromatic nitrogens is 2. The van der Waals surface area contributed by atoms with E-state index in [9.17, 15) is 9.59 Å². The number of likely N-dealkylation sites (tertiary alicyclic amines) is 1. The lowest BCUT2D eigenvalue weighted by molar-refractivity contribution is -0.138. The van der Waals surface area contributed by atoms with E-state index in [2.05, 4.69) is 59.5 Å². The van der Waals surface area contributed by atoms with Crippen molar-refractivity contribution in [2.24, 2.45) is 0 Å². The molecule has 0 bridgehead atoms. The van der Waals surface area contributed by atoms with E-state index < -0.39 is 0 Å².